The van der Waals surface area contributed by atoms with E-state index in [-0.39, 0.29) is 24.5 Å². The van der Waals surface area contributed by atoms with E-state index in [1.165, 1.54) is 0 Å². The van der Waals surface area contributed by atoms with Gasteiger partial charge < -0.3 is 15.4 Å². The Morgan fingerprint density at radius 1 is 0.757 bits per heavy atom. The molecule has 0 saturated heterocycles. The van der Waals surface area contributed by atoms with Crippen molar-refractivity contribution in [2.75, 3.05) is 0 Å². The van der Waals surface area contributed by atoms with E-state index in [4.69, 9.17) is 4.74 Å². The molecule has 3 aromatic carbocycles. The molecule has 1 atom stereocenters. The molecule has 6 nitrogen and oxygen atoms in total. The zero-order valence-electron chi connectivity index (χ0n) is 22.0. The standard InChI is InChI=1S/C31H36N2O4/c1-5-15-27(34)26(32-29(36)37-30(2,3)4)22-28(35)33-31(23-16-9-6-10-17-23,24-18-11-7-12-19-24)25-20-13-8-14-21-25/h6-14,16-21,26H,5,15,22H2,1-4H3,(H,32,36)(H,33,35)/t26-/m1/s1. The van der Waals surface area contributed by atoms with Crippen LogP contribution in [0.1, 0.15) is 63.6 Å². The molecule has 0 aliphatic carbocycles. The quantitative estimate of drug-likeness (QED) is 0.347. The number of rotatable bonds is 10. The number of hydrogen-bond donors (Lipinski definition) is 2. The van der Waals surface area contributed by atoms with E-state index in [2.05, 4.69) is 10.6 Å². The molecule has 0 radical (unpaired) electrons. The highest BCUT2D eigenvalue weighted by molar-refractivity contribution is 5.92. The maximum absolute atomic E-state index is 13.7. The van der Waals surface area contributed by atoms with E-state index in [0.29, 0.717) is 6.42 Å². The van der Waals surface area contributed by atoms with Crippen LogP contribution in [0.25, 0.3) is 0 Å². The summed E-state index contributed by atoms with van der Waals surface area (Å²) in [4.78, 5) is 39.1. The van der Waals surface area contributed by atoms with E-state index < -0.39 is 23.3 Å². The Bertz CT molecular complexity index is 1080. The minimum Gasteiger partial charge on any atom is -0.444 e. The zero-order chi connectivity index (χ0) is 26.9. The number of carbonyl (C=O) groups is 3. The Morgan fingerprint density at radius 2 is 1.19 bits per heavy atom. The summed E-state index contributed by atoms with van der Waals surface area (Å²) in [5.74, 6) is -0.588. The Labute approximate surface area is 219 Å². The molecule has 0 saturated carbocycles. The number of ether oxygens (including phenoxy) is 1. The van der Waals surface area contributed by atoms with Gasteiger partial charge >= 0.3 is 6.09 Å². The number of alkyl carbamates (subject to hydrolysis) is 1. The molecule has 6 heteroatoms. The first-order chi connectivity index (χ1) is 17.7. The molecule has 194 valence electrons. The van der Waals surface area contributed by atoms with Crippen molar-refractivity contribution in [2.45, 2.75) is 64.1 Å². The molecule has 0 aliphatic rings. The summed E-state index contributed by atoms with van der Waals surface area (Å²) in [6.07, 6.45) is -0.0915. The van der Waals surface area contributed by atoms with E-state index >= 15 is 0 Å². The number of ketones is 1. The topological polar surface area (TPSA) is 84.5 Å². The summed E-state index contributed by atoms with van der Waals surface area (Å²) < 4.78 is 5.35. The van der Waals surface area contributed by atoms with Crippen LogP contribution >= 0.6 is 0 Å². The number of amides is 2. The second-order valence-corrected chi connectivity index (χ2v) is 10.0. The molecular formula is C31H36N2O4. The fourth-order valence-electron chi connectivity index (χ4n) is 4.34. The van der Waals surface area contributed by atoms with Crippen molar-refractivity contribution in [3.05, 3.63) is 108 Å². The molecule has 3 rings (SSSR count). The highest BCUT2D eigenvalue weighted by atomic mass is 16.6. The van der Waals surface area contributed by atoms with Crippen molar-refractivity contribution in [1.82, 2.24) is 10.6 Å². The van der Waals surface area contributed by atoms with Gasteiger partial charge in [0.2, 0.25) is 5.91 Å². The lowest BCUT2D eigenvalue weighted by Gasteiger charge is -2.37. The number of benzene rings is 3. The Kier molecular flexibility index (Phi) is 9.23. The van der Waals surface area contributed by atoms with Crippen LogP contribution in [0.5, 0.6) is 0 Å². The van der Waals surface area contributed by atoms with Crippen molar-refractivity contribution in [1.29, 1.82) is 0 Å². The molecule has 0 heterocycles. The molecule has 0 fully saturated rings. The maximum atomic E-state index is 13.7. The molecule has 2 N–H and O–H groups in total. The third-order valence-corrected chi connectivity index (χ3v) is 5.91. The second kappa shape index (κ2) is 12.3. The molecule has 3 aromatic rings. The van der Waals surface area contributed by atoms with Crippen molar-refractivity contribution in [3.8, 4) is 0 Å². The van der Waals surface area contributed by atoms with Crippen LogP contribution in [0.2, 0.25) is 0 Å². The van der Waals surface area contributed by atoms with Gasteiger partial charge in [0.15, 0.2) is 5.78 Å². The normalized spacial score (nSPS) is 12.3. The smallest absolute Gasteiger partial charge is 0.408 e. The lowest BCUT2D eigenvalue weighted by Crippen LogP contribution is -2.51. The van der Waals surface area contributed by atoms with Gasteiger partial charge in [0.05, 0.1) is 12.5 Å². The van der Waals surface area contributed by atoms with Gasteiger partial charge in [0.25, 0.3) is 0 Å². The lowest BCUT2D eigenvalue weighted by atomic mass is 9.77. The molecular weight excluding hydrogens is 464 g/mol. The van der Waals surface area contributed by atoms with Gasteiger partial charge in [-0.3, -0.25) is 9.59 Å². The third kappa shape index (κ3) is 7.29. The first-order valence-corrected chi connectivity index (χ1v) is 12.7. The van der Waals surface area contributed by atoms with Gasteiger partial charge in [0.1, 0.15) is 11.1 Å². The van der Waals surface area contributed by atoms with Crippen molar-refractivity contribution < 1.29 is 19.1 Å². The monoisotopic (exact) mass is 500 g/mol. The van der Waals surface area contributed by atoms with E-state index in [0.717, 1.165) is 16.7 Å². The number of nitrogens with one attached hydrogen (secondary N) is 2. The molecule has 0 spiro atoms. The Hall–Kier alpha value is -3.93. The van der Waals surface area contributed by atoms with Crippen molar-refractivity contribution in [3.63, 3.8) is 0 Å². The summed E-state index contributed by atoms with van der Waals surface area (Å²) in [5.41, 5.74) is 0.880. The number of Topliss-reactive ketones (excluding diaryl/α,β-unsaturated/α-hetero) is 1. The SMILES string of the molecule is CCCC(=O)[C@@H](CC(=O)NC(c1ccccc1)(c1ccccc1)c1ccccc1)NC(=O)OC(C)(C)C. The van der Waals surface area contributed by atoms with Crippen LogP contribution in [-0.4, -0.2) is 29.4 Å². The van der Waals surface area contributed by atoms with Gasteiger partial charge in [-0.2, -0.15) is 0 Å². The first-order valence-electron chi connectivity index (χ1n) is 12.7. The predicted octanol–water partition coefficient (Wildman–Crippen LogP) is 5.75. The van der Waals surface area contributed by atoms with Crippen molar-refractivity contribution >= 4 is 17.8 Å². The van der Waals surface area contributed by atoms with Gasteiger partial charge in [-0.1, -0.05) is 97.9 Å². The fraction of sp³-hybridized carbons (Fsp3) is 0.323. The molecule has 0 aliphatic heterocycles. The maximum Gasteiger partial charge on any atom is 0.408 e. The van der Waals surface area contributed by atoms with Gasteiger partial charge in [0, 0.05) is 6.42 Å². The highest BCUT2D eigenvalue weighted by Crippen LogP contribution is 2.36. The molecule has 0 aromatic heterocycles. The van der Waals surface area contributed by atoms with Crippen LogP contribution in [0, 0.1) is 0 Å². The van der Waals surface area contributed by atoms with E-state index in [9.17, 15) is 14.4 Å². The van der Waals surface area contributed by atoms with E-state index in [1.54, 1.807) is 20.8 Å². The predicted molar refractivity (Wildman–Crippen MR) is 145 cm³/mol. The van der Waals surface area contributed by atoms with Crippen LogP contribution in [0.15, 0.2) is 91.0 Å². The average Bonchev–Trinajstić information content (AvgIpc) is 2.87. The highest BCUT2D eigenvalue weighted by Gasteiger charge is 2.38. The Morgan fingerprint density at radius 3 is 1.57 bits per heavy atom. The fourth-order valence-corrected chi connectivity index (χ4v) is 4.34. The molecule has 37 heavy (non-hydrogen) atoms. The number of carbonyl (C=O) groups excluding carboxylic acids is 3. The van der Waals surface area contributed by atoms with Crippen LogP contribution in [-0.2, 0) is 19.9 Å². The zero-order valence-corrected chi connectivity index (χ0v) is 22.0. The van der Waals surface area contributed by atoms with Crippen LogP contribution < -0.4 is 10.6 Å². The average molecular weight is 501 g/mol. The van der Waals surface area contributed by atoms with Gasteiger partial charge in [-0.25, -0.2) is 4.79 Å². The minimum atomic E-state index is -1.01. The van der Waals surface area contributed by atoms with Crippen LogP contribution in [0.3, 0.4) is 0 Å². The summed E-state index contributed by atoms with van der Waals surface area (Å²) in [6, 6.07) is 28.2. The van der Waals surface area contributed by atoms with Crippen LogP contribution in [0.4, 0.5) is 4.79 Å². The van der Waals surface area contributed by atoms with E-state index in [1.807, 2.05) is 97.9 Å². The third-order valence-electron chi connectivity index (χ3n) is 5.91. The number of hydrogen-bond acceptors (Lipinski definition) is 4. The molecule has 2 amide bonds. The largest absolute Gasteiger partial charge is 0.444 e. The van der Waals surface area contributed by atoms with Gasteiger partial charge in [-0.05, 0) is 43.9 Å². The summed E-state index contributed by atoms with van der Waals surface area (Å²) >= 11 is 0. The lowest BCUT2D eigenvalue weighted by molar-refractivity contribution is -0.128. The van der Waals surface area contributed by atoms with Gasteiger partial charge in [-0.15, -0.1) is 0 Å². The Balaban J connectivity index is 2.01. The summed E-state index contributed by atoms with van der Waals surface area (Å²) in [6.45, 7) is 7.12. The summed E-state index contributed by atoms with van der Waals surface area (Å²) in [5, 5.41) is 5.87. The minimum absolute atomic E-state index is 0.215. The summed E-state index contributed by atoms with van der Waals surface area (Å²) in [7, 11) is 0. The van der Waals surface area contributed by atoms with Crippen molar-refractivity contribution in [2.24, 2.45) is 0 Å². The molecule has 0 unspecified atom stereocenters. The first kappa shape index (κ1) is 27.7. The second-order valence-electron chi connectivity index (χ2n) is 10.0. The molecule has 0 bridgehead atoms.